The second-order valence-corrected chi connectivity index (χ2v) is 6.20. The maximum Gasteiger partial charge on any atom is 0.232 e. The molecule has 1 N–H and O–H groups in total. The third-order valence-electron chi connectivity index (χ3n) is 4.36. The number of hydrogen-bond acceptors (Lipinski definition) is 4. The first kappa shape index (κ1) is 15.6. The number of halogens is 1. The number of nitrogens with zero attached hydrogens (tertiary/aromatic N) is 3. The van der Waals surface area contributed by atoms with Gasteiger partial charge >= 0.3 is 0 Å². The summed E-state index contributed by atoms with van der Waals surface area (Å²) in [5.41, 5.74) is 4.42. The van der Waals surface area contributed by atoms with Crippen LogP contribution in [0.25, 0.3) is 0 Å². The molecule has 0 bridgehead atoms. The summed E-state index contributed by atoms with van der Waals surface area (Å²) in [6.07, 6.45) is 1.01. The van der Waals surface area contributed by atoms with Crippen LogP contribution in [0.5, 0.6) is 0 Å². The third-order valence-corrected chi connectivity index (χ3v) is 4.36. The van der Waals surface area contributed by atoms with Crippen LogP contribution < -0.4 is 10.2 Å². The fourth-order valence-electron chi connectivity index (χ4n) is 3.11. The average molecular weight is 334 g/mol. The molecule has 25 heavy (non-hydrogen) atoms. The van der Waals surface area contributed by atoms with E-state index in [2.05, 4.69) is 38.4 Å². The highest BCUT2D eigenvalue weighted by Crippen LogP contribution is 2.32. The molecule has 0 aliphatic carbocycles. The summed E-state index contributed by atoms with van der Waals surface area (Å²) in [5, 5.41) is 3.31. The molecule has 0 fully saturated rings. The molecular formula is C20H19FN4. The molecule has 1 aliphatic rings. The van der Waals surface area contributed by atoms with Crippen molar-refractivity contribution >= 4 is 17.5 Å². The first-order valence-corrected chi connectivity index (χ1v) is 8.38. The fraction of sp³-hybridized carbons (Fsp3) is 0.200. The van der Waals surface area contributed by atoms with Crippen molar-refractivity contribution in [1.82, 2.24) is 9.97 Å². The van der Waals surface area contributed by atoms with E-state index in [-0.39, 0.29) is 5.82 Å². The summed E-state index contributed by atoms with van der Waals surface area (Å²) in [7, 11) is 0. The molecule has 5 heteroatoms. The van der Waals surface area contributed by atoms with E-state index in [1.165, 1.54) is 23.4 Å². The van der Waals surface area contributed by atoms with Gasteiger partial charge in [0.1, 0.15) is 11.6 Å². The predicted molar refractivity (Wildman–Crippen MR) is 97.6 cm³/mol. The van der Waals surface area contributed by atoms with E-state index in [9.17, 15) is 4.39 Å². The lowest BCUT2D eigenvalue weighted by atomic mass is 10.2. The van der Waals surface area contributed by atoms with Crippen molar-refractivity contribution in [2.24, 2.45) is 0 Å². The maximum atomic E-state index is 13.0. The molecule has 0 spiro atoms. The largest absolute Gasteiger partial charge is 0.366 e. The van der Waals surface area contributed by atoms with Crippen molar-refractivity contribution in [3.05, 3.63) is 77.2 Å². The standard InChI is InChI=1S/C20H19FN4/c1-14-12-19(22-13-15-6-8-17(21)9-7-15)24-20(23-14)25-11-10-16-4-2-3-5-18(16)25/h2-9,12H,10-11,13H2,1H3,(H,22,23,24). The molecule has 126 valence electrons. The summed E-state index contributed by atoms with van der Waals surface area (Å²) >= 11 is 0. The summed E-state index contributed by atoms with van der Waals surface area (Å²) in [5.74, 6) is 1.26. The normalized spacial score (nSPS) is 13.0. The fourth-order valence-corrected chi connectivity index (χ4v) is 3.11. The van der Waals surface area contributed by atoms with E-state index in [1.807, 2.05) is 19.1 Å². The van der Waals surface area contributed by atoms with E-state index in [1.54, 1.807) is 12.1 Å². The number of benzene rings is 2. The number of hydrogen-bond donors (Lipinski definition) is 1. The van der Waals surface area contributed by atoms with Crippen molar-refractivity contribution < 1.29 is 4.39 Å². The summed E-state index contributed by atoms with van der Waals surface area (Å²) in [6.45, 7) is 3.45. The smallest absolute Gasteiger partial charge is 0.232 e. The van der Waals surface area contributed by atoms with Crippen LogP contribution in [0.1, 0.15) is 16.8 Å². The zero-order valence-electron chi connectivity index (χ0n) is 14.0. The molecule has 4 rings (SSSR count). The van der Waals surface area contributed by atoms with E-state index in [0.29, 0.717) is 12.5 Å². The van der Waals surface area contributed by atoms with Crippen molar-refractivity contribution in [1.29, 1.82) is 0 Å². The minimum atomic E-state index is -0.225. The lowest BCUT2D eigenvalue weighted by molar-refractivity contribution is 0.627. The van der Waals surface area contributed by atoms with Crippen LogP contribution in [0.4, 0.5) is 21.8 Å². The van der Waals surface area contributed by atoms with E-state index < -0.39 is 0 Å². The van der Waals surface area contributed by atoms with Gasteiger partial charge in [0.15, 0.2) is 0 Å². The number of aromatic nitrogens is 2. The van der Waals surface area contributed by atoms with Crippen LogP contribution in [-0.4, -0.2) is 16.5 Å². The first-order valence-electron chi connectivity index (χ1n) is 8.38. The molecule has 0 radical (unpaired) electrons. The Hall–Kier alpha value is -2.95. The zero-order valence-corrected chi connectivity index (χ0v) is 14.0. The summed E-state index contributed by atoms with van der Waals surface area (Å²) in [4.78, 5) is 11.4. The summed E-state index contributed by atoms with van der Waals surface area (Å²) in [6, 6.07) is 16.8. The lowest BCUT2D eigenvalue weighted by Crippen LogP contribution is -2.17. The monoisotopic (exact) mass is 334 g/mol. The Morgan fingerprint density at radius 3 is 2.72 bits per heavy atom. The molecule has 0 amide bonds. The molecule has 2 heterocycles. The van der Waals surface area contributed by atoms with Gasteiger partial charge in [-0.25, -0.2) is 9.37 Å². The number of anilines is 3. The molecule has 2 aromatic carbocycles. The van der Waals surface area contributed by atoms with Gasteiger partial charge < -0.3 is 10.2 Å². The second-order valence-electron chi connectivity index (χ2n) is 6.20. The Labute approximate surface area is 146 Å². The van der Waals surface area contributed by atoms with Gasteiger partial charge in [0.05, 0.1) is 0 Å². The molecule has 0 saturated carbocycles. The lowest BCUT2D eigenvalue weighted by Gasteiger charge is -2.18. The Bertz CT molecular complexity index is 892. The molecule has 0 unspecified atom stereocenters. The predicted octanol–water partition coefficient (Wildman–Crippen LogP) is 4.23. The highest BCUT2D eigenvalue weighted by molar-refractivity contribution is 5.66. The van der Waals surface area contributed by atoms with Crippen LogP contribution in [0.2, 0.25) is 0 Å². The topological polar surface area (TPSA) is 41.1 Å². The number of nitrogens with one attached hydrogen (secondary N) is 1. The van der Waals surface area contributed by atoms with Gasteiger partial charge in [-0.05, 0) is 42.7 Å². The van der Waals surface area contributed by atoms with Crippen LogP contribution >= 0.6 is 0 Å². The number of fused-ring (bicyclic) bond motifs is 1. The molecule has 1 aromatic heterocycles. The quantitative estimate of drug-likeness (QED) is 0.775. The van der Waals surface area contributed by atoms with Crippen molar-refractivity contribution in [2.75, 3.05) is 16.8 Å². The molecular weight excluding hydrogens is 315 g/mol. The van der Waals surface area contributed by atoms with E-state index >= 15 is 0 Å². The Kier molecular flexibility index (Phi) is 4.06. The number of rotatable bonds is 4. The molecule has 4 nitrogen and oxygen atoms in total. The Morgan fingerprint density at radius 1 is 1.08 bits per heavy atom. The Balaban J connectivity index is 1.56. The SMILES string of the molecule is Cc1cc(NCc2ccc(F)cc2)nc(N2CCc3ccccc32)n1. The van der Waals surface area contributed by atoms with Gasteiger partial charge in [-0.2, -0.15) is 4.98 Å². The van der Waals surface area contributed by atoms with E-state index in [0.717, 1.165) is 30.0 Å². The molecule has 0 saturated heterocycles. The van der Waals surface area contributed by atoms with Crippen molar-refractivity contribution in [3.63, 3.8) is 0 Å². The van der Waals surface area contributed by atoms with Crippen LogP contribution in [0.3, 0.4) is 0 Å². The van der Waals surface area contributed by atoms with Gasteiger partial charge in [-0.15, -0.1) is 0 Å². The van der Waals surface area contributed by atoms with Crippen LogP contribution in [0.15, 0.2) is 54.6 Å². The minimum absolute atomic E-state index is 0.225. The van der Waals surface area contributed by atoms with Crippen molar-refractivity contribution in [2.45, 2.75) is 19.9 Å². The van der Waals surface area contributed by atoms with E-state index in [4.69, 9.17) is 0 Å². The van der Waals surface area contributed by atoms with Gasteiger partial charge in [0, 0.05) is 30.5 Å². The minimum Gasteiger partial charge on any atom is -0.366 e. The van der Waals surface area contributed by atoms with Gasteiger partial charge in [0.25, 0.3) is 0 Å². The number of aryl methyl sites for hydroxylation is 1. The summed E-state index contributed by atoms with van der Waals surface area (Å²) < 4.78 is 13.0. The molecule has 0 atom stereocenters. The highest BCUT2D eigenvalue weighted by atomic mass is 19.1. The van der Waals surface area contributed by atoms with Crippen LogP contribution in [0, 0.1) is 12.7 Å². The third kappa shape index (κ3) is 3.31. The second kappa shape index (κ2) is 6.51. The maximum absolute atomic E-state index is 13.0. The van der Waals surface area contributed by atoms with Gasteiger partial charge in [0.2, 0.25) is 5.95 Å². The molecule has 1 aliphatic heterocycles. The zero-order chi connectivity index (χ0) is 17.2. The van der Waals surface area contributed by atoms with Gasteiger partial charge in [-0.1, -0.05) is 30.3 Å². The number of para-hydroxylation sites is 1. The average Bonchev–Trinajstić information content (AvgIpc) is 3.05. The van der Waals surface area contributed by atoms with Gasteiger partial charge in [-0.3, -0.25) is 0 Å². The highest BCUT2D eigenvalue weighted by Gasteiger charge is 2.22. The first-order chi connectivity index (χ1) is 12.2. The molecule has 3 aromatic rings. The Morgan fingerprint density at radius 2 is 1.88 bits per heavy atom. The van der Waals surface area contributed by atoms with Crippen LogP contribution in [-0.2, 0) is 13.0 Å². The van der Waals surface area contributed by atoms with Crippen molar-refractivity contribution in [3.8, 4) is 0 Å².